The summed E-state index contributed by atoms with van der Waals surface area (Å²) in [6, 6.07) is 3.83. The first-order valence-corrected chi connectivity index (χ1v) is 6.07. The zero-order valence-electron chi connectivity index (χ0n) is 11.0. The van der Waals surface area contributed by atoms with E-state index in [4.69, 9.17) is 4.42 Å². The molecule has 0 saturated heterocycles. The molecule has 1 amide bonds. The number of carbonyl (C=O) groups excluding carboxylic acids is 1. The summed E-state index contributed by atoms with van der Waals surface area (Å²) in [6.07, 6.45) is 4.61. The van der Waals surface area contributed by atoms with Crippen LogP contribution >= 0.6 is 0 Å². The van der Waals surface area contributed by atoms with Crippen LogP contribution in [0.2, 0.25) is 0 Å². The number of hydrogen-bond acceptors (Lipinski definition) is 5. The van der Waals surface area contributed by atoms with E-state index in [2.05, 4.69) is 15.2 Å². The van der Waals surface area contributed by atoms with Gasteiger partial charge in [-0.15, -0.1) is 10.2 Å². The van der Waals surface area contributed by atoms with Gasteiger partial charge in [0.15, 0.2) is 0 Å². The van der Waals surface area contributed by atoms with Gasteiger partial charge in [-0.25, -0.2) is 0 Å². The van der Waals surface area contributed by atoms with E-state index in [0.717, 1.165) is 5.56 Å². The highest BCUT2D eigenvalue weighted by atomic mass is 16.4. The van der Waals surface area contributed by atoms with E-state index in [1.807, 2.05) is 12.1 Å². The zero-order valence-corrected chi connectivity index (χ0v) is 11.0. The Morgan fingerprint density at radius 3 is 2.89 bits per heavy atom. The van der Waals surface area contributed by atoms with Gasteiger partial charge in [0, 0.05) is 32.8 Å². The summed E-state index contributed by atoms with van der Waals surface area (Å²) < 4.78 is 5.24. The van der Waals surface area contributed by atoms with Gasteiger partial charge in [0.1, 0.15) is 0 Å². The predicted molar refractivity (Wildman–Crippen MR) is 68.1 cm³/mol. The van der Waals surface area contributed by atoms with Crippen molar-refractivity contribution in [2.24, 2.45) is 0 Å². The van der Waals surface area contributed by atoms with Crippen molar-refractivity contribution >= 4 is 5.91 Å². The minimum absolute atomic E-state index is 0.0414. The van der Waals surface area contributed by atoms with Gasteiger partial charge in [-0.3, -0.25) is 9.78 Å². The molecule has 0 radical (unpaired) electrons. The second kappa shape index (κ2) is 6.08. The van der Waals surface area contributed by atoms with Gasteiger partial charge in [-0.2, -0.15) is 0 Å². The van der Waals surface area contributed by atoms with Gasteiger partial charge >= 0.3 is 0 Å². The minimum atomic E-state index is 0.0414. The number of rotatable bonds is 5. The summed E-state index contributed by atoms with van der Waals surface area (Å²) in [7, 11) is 1.73. The largest absolute Gasteiger partial charge is 0.424 e. The fraction of sp³-hybridized carbons (Fsp3) is 0.385. The second-order valence-corrected chi connectivity index (χ2v) is 4.33. The molecule has 2 aromatic heterocycles. The third-order valence-corrected chi connectivity index (χ3v) is 2.72. The number of hydrogen-bond donors (Lipinski definition) is 0. The number of nitrogens with zero attached hydrogens (tertiary/aromatic N) is 4. The molecule has 0 spiro atoms. The standard InChI is InChI=1S/C13H16N4O2/c1-10-15-16-12(19-10)9-17(2)13(18)6-5-11-4-3-7-14-8-11/h3-4,7-8H,5-6,9H2,1-2H3. The normalized spacial score (nSPS) is 10.4. The molecule has 0 N–H and O–H groups in total. The van der Waals surface area contributed by atoms with E-state index in [1.54, 1.807) is 31.3 Å². The van der Waals surface area contributed by atoms with Crippen molar-refractivity contribution in [1.82, 2.24) is 20.1 Å². The number of amides is 1. The van der Waals surface area contributed by atoms with E-state index in [-0.39, 0.29) is 5.91 Å². The summed E-state index contributed by atoms with van der Waals surface area (Å²) in [6.45, 7) is 2.06. The molecule has 2 aromatic rings. The van der Waals surface area contributed by atoms with Gasteiger partial charge in [0.2, 0.25) is 17.7 Å². The number of aryl methyl sites for hydroxylation is 2. The maximum atomic E-state index is 11.9. The van der Waals surface area contributed by atoms with E-state index in [9.17, 15) is 4.79 Å². The first-order valence-electron chi connectivity index (χ1n) is 6.07. The summed E-state index contributed by atoms with van der Waals surface area (Å²) >= 11 is 0. The molecule has 2 rings (SSSR count). The molecule has 0 bridgehead atoms. The van der Waals surface area contributed by atoms with E-state index < -0.39 is 0 Å². The summed E-state index contributed by atoms with van der Waals surface area (Å²) in [5, 5.41) is 7.60. The fourth-order valence-electron chi connectivity index (χ4n) is 1.68. The number of pyridine rings is 1. The van der Waals surface area contributed by atoms with Gasteiger partial charge in [0.25, 0.3) is 0 Å². The highest BCUT2D eigenvalue weighted by Crippen LogP contribution is 2.06. The van der Waals surface area contributed by atoms with Crippen LogP contribution in [0.4, 0.5) is 0 Å². The molecule has 100 valence electrons. The average Bonchev–Trinajstić information content (AvgIpc) is 2.82. The van der Waals surface area contributed by atoms with Crippen molar-refractivity contribution in [2.75, 3.05) is 7.05 Å². The van der Waals surface area contributed by atoms with Crippen LogP contribution in [0.25, 0.3) is 0 Å². The Kier molecular flexibility index (Phi) is 4.22. The van der Waals surface area contributed by atoms with Crippen LogP contribution in [0.15, 0.2) is 28.9 Å². The molecule has 0 saturated carbocycles. The quantitative estimate of drug-likeness (QED) is 0.811. The van der Waals surface area contributed by atoms with Crippen molar-refractivity contribution in [3.63, 3.8) is 0 Å². The van der Waals surface area contributed by atoms with Crippen molar-refractivity contribution in [3.8, 4) is 0 Å². The fourth-order valence-corrected chi connectivity index (χ4v) is 1.68. The van der Waals surface area contributed by atoms with Crippen molar-refractivity contribution < 1.29 is 9.21 Å². The van der Waals surface area contributed by atoms with Gasteiger partial charge in [-0.1, -0.05) is 6.07 Å². The summed E-state index contributed by atoms with van der Waals surface area (Å²) in [5.41, 5.74) is 1.05. The van der Waals surface area contributed by atoms with Crippen LogP contribution in [0.5, 0.6) is 0 Å². The topological polar surface area (TPSA) is 72.1 Å². The maximum Gasteiger partial charge on any atom is 0.235 e. The predicted octanol–water partition coefficient (Wildman–Crippen LogP) is 1.36. The smallest absolute Gasteiger partial charge is 0.235 e. The Morgan fingerprint density at radius 1 is 1.42 bits per heavy atom. The van der Waals surface area contributed by atoms with Crippen LogP contribution < -0.4 is 0 Å². The van der Waals surface area contributed by atoms with Crippen molar-refractivity contribution in [3.05, 3.63) is 41.9 Å². The van der Waals surface area contributed by atoms with Gasteiger partial charge < -0.3 is 9.32 Å². The maximum absolute atomic E-state index is 11.9. The Balaban J connectivity index is 1.82. The number of carbonyl (C=O) groups is 1. The molecular weight excluding hydrogens is 244 g/mol. The molecule has 0 unspecified atom stereocenters. The molecule has 0 aromatic carbocycles. The zero-order chi connectivity index (χ0) is 13.7. The molecule has 0 aliphatic carbocycles. The Hall–Kier alpha value is -2.24. The summed E-state index contributed by atoms with van der Waals surface area (Å²) in [5.74, 6) is 1.00. The van der Waals surface area contributed by atoms with Crippen molar-refractivity contribution in [2.45, 2.75) is 26.3 Å². The average molecular weight is 260 g/mol. The lowest BCUT2D eigenvalue weighted by atomic mass is 10.1. The third-order valence-electron chi connectivity index (χ3n) is 2.72. The highest BCUT2D eigenvalue weighted by Gasteiger charge is 2.12. The second-order valence-electron chi connectivity index (χ2n) is 4.33. The Labute approximate surface area is 111 Å². The minimum Gasteiger partial charge on any atom is -0.424 e. The molecular formula is C13H16N4O2. The Bertz CT molecular complexity index is 539. The SMILES string of the molecule is Cc1nnc(CN(C)C(=O)CCc2cccnc2)o1. The summed E-state index contributed by atoms with van der Waals surface area (Å²) in [4.78, 5) is 17.5. The number of aromatic nitrogens is 3. The lowest BCUT2D eigenvalue weighted by Crippen LogP contribution is -2.26. The third kappa shape index (κ3) is 3.87. The molecule has 19 heavy (non-hydrogen) atoms. The van der Waals surface area contributed by atoms with Crippen LogP contribution in [0, 0.1) is 6.92 Å². The molecule has 0 fully saturated rings. The lowest BCUT2D eigenvalue weighted by Gasteiger charge is -2.14. The van der Waals surface area contributed by atoms with Gasteiger partial charge in [0.05, 0.1) is 6.54 Å². The van der Waals surface area contributed by atoms with Crippen LogP contribution in [0.1, 0.15) is 23.8 Å². The van der Waals surface area contributed by atoms with Crippen LogP contribution in [-0.4, -0.2) is 33.0 Å². The van der Waals surface area contributed by atoms with Crippen molar-refractivity contribution in [1.29, 1.82) is 0 Å². The molecule has 6 heteroatoms. The van der Waals surface area contributed by atoms with Crippen LogP contribution in [0.3, 0.4) is 0 Å². The monoisotopic (exact) mass is 260 g/mol. The van der Waals surface area contributed by atoms with E-state index >= 15 is 0 Å². The molecule has 2 heterocycles. The molecule has 6 nitrogen and oxygen atoms in total. The van der Waals surface area contributed by atoms with E-state index in [0.29, 0.717) is 31.2 Å². The molecule has 0 atom stereocenters. The first kappa shape index (κ1) is 13.2. The first-order chi connectivity index (χ1) is 9.15. The molecule has 0 aliphatic heterocycles. The van der Waals surface area contributed by atoms with Crippen LogP contribution in [-0.2, 0) is 17.8 Å². The lowest BCUT2D eigenvalue weighted by molar-refractivity contribution is -0.130. The van der Waals surface area contributed by atoms with Gasteiger partial charge in [-0.05, 0) is 18.1 Å². The molecule has 0 aliphatic rings. The van der Waals surface area contributed by atoms with E-state index in [1.165, 1.54) is 0 Å². The highest BCUT2D eigenvalue weighted by molar-refractivity contribution is 5.76. The Morgan fingerprint density at radius 2 is 2.26 bits per heavy atom.